The molecule has 1 amide bonds. The molecule has 1 aliphatic heterocycles. The van der Waals surface area contributed by atoms with Crippen molar-refractivity contribution in [2.45, 2.75) is 52.4 Å². The van der Waals surface area contributed by atoms with Gasteiger partial charge in [-0.15, -0.1) is 0 Å². The van der Waals surface area contributed by atoms with Crippen molar-refractivity contribution in [2.75, 3.05) is 6.54 Å². The van der Waals surface area contributed by atoms with E-state index in [9.17, 15) is 9.59 Å². The quantitative estimate of drug-likeness (QED) is 0.705. The smallest absolute Gasteiger partial charge is 0.230 e. The first kappa shape index (κ1) is 13.2. The number of rotatable bonds is 6. The van der Waals surface area contributed by atoms with Crippen LogP contribution < -0.4 is 5.32 Å². The van der Waals surface area contributed by atoms with Crippen molar-refractivity contribution in [3.63, 3.8) is 0 Å². The normalized spacial score (nSPS) is 22.6. The first-order valence-corrected chi connectivity index (χ1v) is 6.52. The van der Waals surface area contributed by atoms with E-state index in [1.807, 2.05) is 6.92 Å². The Morgan fingerprint density at radius 1 is 1.50 bits per heavy atom. The lowest BCUT2D eigenvalue weighted by atomic mass is 9.83. The van der Waals surface area contributed by atoms with Crippen molar-refractivity contribution in [1.29, 1.82) is 0 Å². The molecule has 0 aromatic rings. The van der Waals surface area contributed by atoms with Gasteiger partial charge in [0.1, 0.15) is 5.78 Å². The highest BCUT2D eigenvalue weighted by molar-refractivity contribution is 6.02. The van der Waals surface area contributed by atoms with Crippen molar-refractivity contribution in [1.82, 2.24) is 5.32 Å². The highest BCUT2D eigenvalue weighted by Gasteiger charge is 2.32. The predicted molar refractivity (Wildman–Crippen MR) is 64.0 cm³/mol. The Hall–Kier alpha value is -0.860. The summed E-state index contributed by atoms with van der Waals surface area (Å²) >= 11 is 0. The fourth-order valence-electron chi connectivity index (χ4n) is 2.33. The van der Waals surface area contributed by atoms with Crippen molar-refractivity contribution in [2.24, 2.45) is 11.8 Å². The van der Waals surface area contributed by atoms with Crippen molar-refractivity contribution in [3.8, 4) is 0 Å². The zero-order valence-corrected chi connectivity index (χ0v) is 10.4. The standard InChI is InChI=1S/C13H23NO2/c1-3-5-7-10(4-2)12(15)11-8-6-9-14-13(11)16/h10-11H,3-9H2,1-2H3,(H,14,16). The van der Waals surface area contributed by atoms with Gasteiger partial charge in [0.05, 0.1) is 5.92 Å². The topological polar surface area (TPSA) is 46.2 Å². The third kappa shape index (κ3) is 3.32. The fourth-order valence-corrected chi connectivity index (χ4v) is 2.33. The molecule has 2 atom stereocenters. The molecule has 0 aliphatic carbocycles. The van der Waals surface area contributed by atoms with Crippen molar-refractivity contribution in [3.05, 3.63) is 0 Å². The number of nitrogens with one attached hydrogen (secondary N) is 1. The van der Waals surface area contributed by atoms with E-state index in [1.165, 1.54) is 0 Å². The van der Waals surface area contributed by atoms with Gasteiger partial charge >= 0.3 is 0 Å². The summed E-state index contributed by atoms with van der Waals surface area (Å²) in [6.07, 6.45) is 5.68. The summed E-state index contributed by atoms with van der Waals surface area (Å²) < 4.78 is 0. The van der Waals surface area contributed by atoms with Crippen LogP contribution in [0.2, 0.25) is 0 Å². The molecule has 2 unspecified atom stereocenters. The van der Waals surface area contributed by atoms with E-state index in [-0.39, 0.29) is 23.5 Å². The van der Waals surface area contributed by atoms with E-state index < -0.39 is 0 Å². The largest absolute Gasteiger partial charge is 0.355 e. The lowest BCUT2D eigenvalue weighted by Crippen LogP contribution is -2.42. The lowest BCUT2D eigenvalue weighted by molar-refractivity contribution is -0.138. The third-order valence-corrected chi connectivity index (χ3v) is 3.43. The SMILES string of the molecule is CCCCC(CC)C(=O)C1CCCNC1=O. The first-order chi connectivity index (χ1) is 7.70. The first-order valence-electron chi connectivity index (χ1n) is 6.52. The molecule has 1 saturated heterocycles. The van der Waals surface area contributed by atoms with E-state index in [1.54, 1.807) is 0 Å². The average Bonchev–Trinajstić information content (AvgIpc) is 2.30. The van der Waals surface area contributed by atoms with Crippen LogP contribution in [0.15, 0.2) is 0 Å². The minimum Gasteiger partial charge on any atom is -0.355 e. The summed E-state index contributed by atoms with van der Waals surface area (Å²) in [4.78, 5) is 23.8. The van der Waals surface area contributed by atoms with Gasteiger partial charge < -0.3 is 5.32 Å². The van der Waals surface area contributed by atoms with Crippen LogP contribution in [-0.4, -0.2) is 18.2 Å². The number of carbonyl (C=O) groups is 2. The molecule has 1 aliphatic rings. The summed E-state index contributed by atoms with van der Waals surface area (Å²) in [5.41, 5.74) is 0. The lowest BCUT2D eigenvalue weighted by Gasteiger charge is -2.24. The molecular formula is C13H23NO2. The summed E-state index contributed by atoms with van der Waals surface area (Å²) in [5, 5.41) is 2.79. The molecule has 1 N–H and O–H groups in total. The molecule has 1 heterocycles. The zero-order chi connectivity index (χ0) is 12.0. The Balaban J connectivity index is 2.55. The number of unbranched alkanes of at least 4 members (excludes halogenated alkanes) is 1. The van der Waals surface area contributed by atoms with Gasteiger partial charge in [0.25, 0.3) is 0 Å². The van der Waals surface area contributed by atoms with Crippen molar-refractivity contribution >= 4 is 11.7 Å². The minimum absolute atomic E-state index is 0.0498. The molecule has 1 rings (SSSR count). The maximum atomic E-state index is 12.2. The molecule has 0 aromatic carbocycles. The van der Waals surface area contributed by atoms with Crippen LogP contribution in [0.25, 0.3) is 0 Å². The van der Waals surface area contributed by atoms with Crippen LogP contribution in [0.5, 0.6) is 0 Å². The van der Waals surface area contributed by atoms with Gasteiger partial charge in [0.15, 0.2) is 0 Å². The van der Waals surface area contributed by atoms with Crippen LogP contribution in [0.3, 0.4) is 0 Å². The second kappa shape index (κ2) is 6.66. The maximum Gasteiger partial charge on any atom is 0.230 e. The highest BCUT2D eigenvalue weighted by Crippen LogP contribution is 2.22. The number of piperidine rings is 1. The third-order valence-electron chi connectivity index (χ3n) is 3.43. The van der Waals surface area contributed by atoms with Gasteiger partial charge in [0, 0.05) is 12.5 Å². The molecule has 92 valence electrons. The molecule has 0 saturated carbocycles. The van der Waals surface area contributed by atoms with Crippen molar-refractivity contribution < 1.29 is 9.59 Å². The molecule has 16 heavy (non-hydrogen) atoms. The predicted octanol–water partition coefficient (Wildman–Crippen LogP) is 2.30. The van der Waals surface area contributed by atoms with Crippen LogP contribution in [0.4, 0.5) is 0 Å². The molecular weight excluding hydrogens is 202 g/mol. The van der Waals surface area contributed by atoms with Gasteiger partial charge in [-0.1, -0.05) is 26.7 Å². The molecule has 3 nitrogen and oxygen atoms in total. The fraction of sp³-hybridized carbons (Fsp3) is 0.846. The second-order valence-corrected chi connectivity index (χ2v) is 4.64. The van der Waals surface area contributed by atoms with Crippen LogP contribution in [-0.2, 0) is 9.59 Å². The Morgan fingerprint density at radius 2 is 2.25 bits per heavy atom. The summed E-state index contributed by atoms with van der Waals surface area (Å²) in [6.45, 7) is 4.90. The Bertz CT molecular complexity index is 250. The molecule has 0 spiro atoms. The molecule has 0 radical (unpaired) electrons. The van der Waals surface area contributed by atoms with E-state index >= 15 is 0 Å². The summed E-state index contributed by atoms with van der Waals surface area (Å²) in [7, 11) is 0. The summed E-state index contributed by atoms with van der Waals surface area (Å²) in [6, 6.07) is 0. The monoisotopic (exact) mass is 225 g/mol. The zero-order valence-electron chi connectivity index (χ0n) is 10.4. The van der Waals surface area contributed by atoms with Gasteiger partial charge in [-0.05, 0) is 25.7 Å². The van der Waals surface area contributed by atoms with Crippen LogP contribution in [0, 0.1) is 11.8 Å². The molecule has 0 bridgehead atoms. The average molecular weight is 225 g/mol. The Kier molecular flexibility index (Phi) is 5.50. The van der Waals surface area contributed by atoms with Crippen LogP contribution in [0.1, 0.15) is 52.4 Å². The number of ketones is 1. The highest BCUT2D eigenvalue weighted by atomic mass is 16.2. The van der Waals surface area contributed by atoms with Crippen LogP contribution >= 0.6 is 0 Å². The maximum absolute atomic E-state index is 12.2. The van der Waals surface area contributed by atoms with Gasteiger partial charge in [-0.3, -0.25) is 9.59 Å². The number of carbonyl (C=O) groups excluding carboxylic acids is 2. The van der Waals surface area contributed by atoms with E-state index in [2.05, 4.69) is 12.2 Å². The Morgan fingerprint density at radius 3 is 2.81 bits per heavy atom. The number of hydrogen-bond donors (Lipinski definition) is 1. The van der Waals surface area contributed by atoms with E-state index in [0.29, 0.717) is 0 Å². The molecule has 3 heteroatoms. The minimum atomic E-state index is -0.365. The van der Waals surface area contributed by atoms with Gasteiger partial charge in [0.2, 0.25) is 5.91 Å². The van der Waals surface area contributed by atoms with E-state index in [0.717, 1.165) is 45.1 Å². The van der Waals surface area contributed by atoms with Gasteiger partial charge in [-0.2, -0.15) is 0 Å². The second-order valence-electron chi connectivity index (χ2n) is 4.64. The van der Waals surface area contributed by atoms with Gasteiger partial charge in [-0.25, -0.2) is 0 Å². The number of Topliss-reactive ketones (excluding diaryl/α,β-unsaturated/α-hetero) is 1. The number of amides is 1. The summed E-state index contributed by atoms with van der Waals surface area (Å²) in [5.74, 6) is -0.149. The molecule has 0 aromatic heterocycles. The van der Waals surface area contributed by atoms with E-state index in [4.69, 9.17) is 0 Å². The number of hydrogen-bond acceptors (Lipinski definition) is 2. The Labute approximate surface area is 98.0 Å². The molecule has 1 fully saturated rings.